The van der Waals surface area contributed by atoms with Crippen LogP contribution in [0.1, 0.15) is 29.0 Å². The van der Waals surface area contributed by atoms with Crippen molar-refractivity contribution in [1.29, 1.82) is 0 Å². The zero-order valence-corrected chi connectivity index (χ0v) is 15.0. The first-order chi connectivity index (χ1) is 13.3. The Bertz CT molecular complexity index is 872. The Labute approximate surface area is 158 Å². The maximum Gasteiger partial charge on any atom is 0.251 e. The first kappa shape index (κ1) is 17.4. The number of amides is 1. The van der Waals surface area contributed by atoms with Crippen molar-refractivity contribution in [3.8, 4) is 5.69 Å². The molecule has 1 saturated heterocycles. The minimum Gasteiger partial charge on any atom is -0.349 e. The van der Waals surface area contributed by atoms with Gasteiger partial charge in [-0.2, -0.15) is 4.68 Å². The number of piperidine rings is 1. The number of nitrogens with zero attached hydrogens (tertiary/aromatic N) is 5. The zero-order chi connectivity index (χ0) is 18.5. The summed E-state index contributed by atoms with van der Waals surface area (Å²) in [6.45, 7) is 2.50. The second-order valence-corrected chi connectivity index (χ2v) is 6.73. The molecule has 1 aliphatic heterocycles. The van der Waals surface area contributed by atoms with Crippen LogP contribution in [0.5, 0.6) is 0 Å². The molecule has 0 aliphatic carbocycles. The number of para-hydroxylation sites is 1. The van der Waals surface area contributed by atoms with E-state index >= 15 is 0 Å². The third kappa shape index (κ3) is 4.20. The van der Waals surface area contributed by atoms with Crippen LogP contribution in [0, 0.1) is 0 Å². The van der Waals surface area contributed by atoms with Crippen LogP contribution < -0.4 is 5.32 Å². The van der Waals surface area contributed by atoms with E-state index in [9.17, 15) is 4.79 Å². The molecule has 0 saturated carbocycles. The summed E-state index contributed by atoms with van der Waals surface area (Å²) in [6.07, 6.45) is 1.84. The first-order valence-corrected chi connectivity index (χ1v) is 9.20. The normalized spacial score (nSPS) is 15.6. The monoisotopic (exact) mass is 362 g/mol. The van der Waals surface area contributed by atoms with Gasteiger partial charge in [0.05, 0.1) is 12.2 Å². The molecular weight excluding hydrogens is 340 g/mol. The standard InChI is InChI=1S/C20H22N6O/c27-20(16-7-3-1-4-8-16)21-17-11-13-25(14-12-17)15-19-22-23-24-26(19)18-9-5-2-6-10-18/h1-10,17H,11-15H2,(H,21,27). The number of hydrogen-bond donors (Lipinski definition) is 1. The van der Waals surface area contributed by atoms with Gasteiger partial charge in [-0.25, -0.2) is 0 Å². The Balaban J connectivity index is 1.32. The molecule has 1 aromatic heterocycles. The number of rotatable bonds is 5. The average molecular weight is 362 g/mol. The quantitative estimate of drug-likeness (QED) is 0.752. The van der Waals surface area contributed by atoms with Crippen LogP contribution in [0.3, 0.4) is 0 Å². The van der Waals surface area contributed by atoms with Crippen LogP contribution in [-0.2, 0) is 6.54 Å². The number of benzene rings is 2. The fraction of sp³-hybridized carbons (Fsp3) is 0.300. The van der Waals surface area contributed by atoms with E-state index in [4.69, 9.17) is 0 Å². The Hall–Kier alpha value is -3.06. The van der Waals surface area contributed by atoms with E-state index in [1.54, 1.807) is 4.68 Å². The molecule has 1 fully saturated rings. The van der Waals surface area contributed by atoms with Gasteiger partial charge in [0.15, 0.2) is 5.82 Å². The molecule has 0 spiro atoms. The van der Waals surface area contributed by atoms with Gasteiger partial charge in [0.1, 0.15) is 0 Å². The highest BCUT2D eigenvalue weighted by Crippen LogP contribution is 2.15. The van der Waals surface area contributed by atoms with E-state index in [0.29, 0.717) is 12.1 Å². The van der Waals surface area contributed by atoms with Gasteiger partial charge in [-0.15, -0.1) is 5.10 Å². The smallest absolute Gasteiger partial charge is 0.251 e. The summed E-state index contributed by atoms with van der Waals surface area (Å²) in [6, 6.07) is 19.5. The van der Waals surface area contributed by atoms with E-state index in [2.05, 4.69) is 25.7 Å². The topological polar surface area (TPSA) is 75.9 Å². The lowest BCUT2D eigenvalue weighted by atomic mass is 10.0. The molecule has 7 nitrogen and oxygen atoms in total. The van der Waals surface area contributed by atoms with Crippen molar-refractivity contribution in [2.45, 2.75) is 25.4 Å². The SMILES string of the molecule is O=C(NC1CCN(Cc2nnnn2-c2ccccc2)CC1)c1ccccc1. The van der Waals surface area contributed by atoms with Crippen molar-refractivity contribution in [2.75, 3.05) is 13.1 Å². The minimum atomic E-state index is 0.00192. The second-order valence-electron chi connectivity index (χ2n) is 6.73. The molecule has 1 N–H and O–H groups in total. The molecule has 0 bridgehead atoms. The summed E-state index contributed by atoms with van der Waals surface area (Å²) in [4.78, 5) is 14.6. The summed E-state index contributed by atoms with van der Waals surface area (Å²) in [5.41, 5.74) is 1.67. The van der Waals surface area contributed by atoms with Crippen molar-refractivity contribution in [1.82, 2.24) is 30.4 Å². The Morgan fingerprint density at radius 1 is 1.00 bits per heavy atom. The maximum absolute atomic E-state index is 12.3. The molecule has 1 aliphatic rings. The Morgan fingerprint density at radius 2 is 1.67 bits per heavy atom. The van der Waals surface area contributed by atoms with E-state index < -0.39 is 0 Å². The number of aromatic nitrogens is 4. The van der Waals surface area contributed by atoms with E-state index in [-0.39, 0.29) is 11.9 Å². The molecule has 27 heavy (non-hydrogen) atoms. The molecular formula is C20H22N6O. The largest absolute Gasteiger partial charge is 0.349 e. The fourth-order valence-electron chi connectivity index (χ4n) is 3.37. The maximum atomic E-state index is 12.3. The van der Waals surface area contributed by atoms with Crippen molar-refractivity contribution >= 4 is 5.91 Å². The molecule has 0 radical (unpaired) electrons. The minimum absolute atomic E-state index is 0.00192. The van der Waals surface area contributed by atoms with Gasteiger partial charge >= 0.3 is 0 Å². The summed E-state index contributed by atoms with van der Waals surface area (Å²) in [5.74, 6) is 0.829. The predicted molar refractivity (Wildman–Crippen MR) is 101 cm³/mol. The summed E-state index contributed by atoms with van der Waals surface area (Å²) in [7, 11) is 0. The molecule has 0 unspecified atom stereocenters. The fourth-order valence-corrected chi connectivity index (χ4v) is 3.37. The number of carbonyl (C=O) groups excluding carboxylic acids is 1. The first-order valence-electron chi connectivity index (χ1n) is 9.20. The van der Waals surface area contributed by atoms with Crippen LogP contribution in [-0.4, -0.2) is 50.1 Å². The summed E-state index contributed by atoms with van der Waals surface area (Å²) >= 11 is 0. The molecule has 2 aromatic carbocycles. The van der Waals surface area contributed by atoms with Crippen LogP contribution in [0.15, 0.2) is 60.7 Å². The van der Waals surface area contributed by atoms with E-state index in [1.807, 2.05) is 60.7 Å². The zero-order valence-electron chi connectivity index (χ0n) is 15.0. The molecule has 2 heterocycles. The van der Waals surface area contributed by atoms with Crippen LogP contribution in [0.4, 0.5) is 0 Å². The molecule has 0 atom stereocenters. The van der Waals surface area contributed by atoms with Gasteiger partial charge in [0.25, 0.3) is 5.91 Å². The molecule has 3 aromatic rings. The summed E-state index contributed by atoms with van der Waals surface area (Å²) in [5, 5.41) is 15.3. The lowest BCUT2D eigenvalue weighted by molar-refractivity contribution is 0.0908. The van der Waals surface area contributed by atoms with E-state index in [1.165, 1.54) is 0 Å². The number of nitrogens with one attached hydrogen (secondary N) is 1. The Kier molecular flexibility index (Phi) is 5.20. The van der Waals surface area contributed by atoms with Crippen LogP contribution >= 0.6 is 0 Å². The van der Waals surface area contributed by atoms with Gasteiger partial charge in [-0.3, -0.25) is 9.69 Å². The number of tetrazole rings is 1. The van der Waals surface area contributed by atoms with Crippen molar-refractivity contribution in [3.05, 3.63) is 72.1 Å². The highest BCUT2D eigenvalue weighted by molar-refractivity contribution is 5.94. The highest BCUT2D eigenvalue weighted by Gasteiger charge is 2.22. The van der Waals surface area contributed by atoms with Crippen molar-refractivity contribution < 1.29 is 4.79 Å². The van der Waals surface area contributed by atoms with Gasteiger partial charge in [-0.05, 0) is 47.5 Å². The van der Waals surface area contributed by atoms with Crippen molar-refractivity contribution in [2.24, 2.45) is 0 Å². The third-order valence-electron chi connectivity index (χ3n) is 4.86. The molecule has 1 amide bonds. The molecule has 4 rings (SSSR count). The molecule has 138 valence electrons. The lowest BCUT2D eigenvalue weighted by Crippen LogP contribution is -2.44. The van der Waals surface area contributed by atoms with Gasteiger partial charge in [-0.1, -0.05) is 36.4 Å². The van der Waals surface area contributed by atoms with Crippen LogP contribution in [0.2, 0.25) is 0 Å². The molecule has 7 heteroatoms. The highest BCUT2D eigenvalue weighted by atomic mass is 16.1. The van der Waals surface area contributed by atoms with Crippen LogP contribution in [0.25, 0.3) is 5.69 Å². The van der Waals surface area contributed by atoms with Gasteiger partial charge in [0, 0.05) is 24.7 Å². The number of carbonyl (C=O) groups is 1. The lowest BCUT2D eigenvalue weighted by Gasteiger charge is -2.31. The third-order valence-corrected chi connectivity index (χ3v) is 4.86. The van der Waals surface area contributed by atoms with E-state index in [0.717, 1.165) is 37.4 Å². The van der Waals surface area contributed by atoms with Gasteiger partial charge in [0.2, 0.25) is 0 Å². The summed E-state index contributed by atoms with van der Waals surface area (Å²) < 4.78 is 1.78. The van der Waals surface area contributed by atoms with Crippen molar-refractivity contribution in [3.63, 3.8) is 0 Å². The average Bonchev–Trinajstić information content (AvgIpc) is 3.19. The second kappa shape index (κ2) is 8.09. The number of likely N-dealkylation sites (tertiary alicyclic amines) is 1. The predicted octanol–water partition coefficient (Wildman–Crippen LogP) is 2.06. The Morgan fingerprint density at radius 3 is 2.37 bits per heavy atom. The number of hydrogen-bond acceptors (Lipinski definition) is 5. The van der Waals surface area contributed by atoms with Gasteiger partial charge < -0.3 is 5.32 Å².